The Morgan fingerprint density at radius 1 is 1.30 bits per heavy atom. The number of aryl methyl sites for hydroxylation is 1. The first-order valence-electron chi connectivity index (χ1n) is 10.0. The van der Waals surface area contributed by atoms with Gasteiger partial charge in [0.05, 0.1) is 13.4 Å². The summed E-state index contributed by atoms with van der Waals surface area (Å²) in [5.74, 6) is 0.265. The van der Waals surface area contributed by atoms with Crippen molar-refractivity contribution in [2.45, 2.75) is 36.9 Å². The molecule has 5 rings (SSSR count). The highest BCUT2D eigenvalue weighted by molar-refractivity contribution is 7.89. The van der Waals surface area contributed by atoms with E-state index in [0.717, 1.165) is 47.3 Å². The van der Waals surface area contributed by atoms with Crippen molar-refractivity contribution in [2.24, 2.45) is 5.14 Å². The van der Waals surface area contributed by atoms with Gasteiger partial charge in [-0.3, -0.25) is 4.90 Å². The third-order valence-corrected chi connectivity index (χ3v) is 7.11. The summed E-state index contributed by atoms with van der Waals surface area (Å²) in [7, 11) is -2.46. The largest absolute Gasteiger partial charge is 0.495 e. The number of fused-ring (bicyclic) bond motifs is 3. The highest BCUT2D eigenvalue weighted by Gasteiger charge is 2.37. The van der Waals surface area contributed by atoms with Crippen LogP contribution in [0, 0.1) is 6.92 Å². The molecule has 7 nitrogen and oxygen atoms in total. The zero-order chi connectivity index (χ0) is 21.0. The number of nitrogens with zero attached hydrogens (tertiary/aromatic N) is 1. The number of rotatable bonds is 5. The van der Waals surface area contributed by atoms with Crippen LogP contribution < -0.4 is 15.2 Å². The number of ether oxygens (including phenoxy) is 1. The molecular weight excluding hydrogens is 402 g/mol. The molecule has 158 valence electrons. The van der Waals surface area contributed by atoms with E-state index >= 15 is 0 Å². The molecule has 2 saturated heterocycles. The van der Waals surface area contributed by atoms with Crippen LogP contribution in [-0.2, 0) is 16.6 Å². The third kappa shape index (κ3) is 3.30. The minimum Gasteiger partial charge on any atom is -0.495 e. The summed E-state index contributed by atoms with van der Waals surface area (Å²) in [5, 5.41) is 9.97. The molecule has 0 spiro atoms. The quantitative estimate of drug-likeness (QED) is 0.650. The summed E-state index contributed by atoms with van der Waals surface area (Å²) in [5.41, 5.74) is 4.34. The van der Waals surface area contributed by atoms with Crippen molar-refractivity contribution in [1.29, 1.82) is 0 Å². The minimum absolute atomic E-state index is 0.00299. The topological polar surface area (TPSA) is 97.8 Å². The van der Waals surface area contributed by atoms with E-state index in [1.54, 1.807) is 12.3 Å². The van der Waals surface area contributed by atoms with Gasteiger partial charge in [0.25, 0.3) is 0 Å². The number of hydrogen-bond acceptors (Lipinski definition) is 6. The standard InChI is InChI=1S/C22H25N3O4S/c1-13-5-19(22(28-2)20(6-13)30(23,26)27)15-7-14-3-4-29-21(14)16(8-15)11-25-12-17-9-18(25)10-24-17/h3-8,17-18,24H,9-12H2,1-2H3,(H2,23,26,27)/t17-,18-/m0/s1. The van der Waals surface area contributed by atoms with Gasteiger partial charge in [0.15, 0.2) is 0 Å². The molecule has 3 heterocycles. The molecular formula is C22H25N3O4S. The lowest BCUT2D eigenvalue weighted by atomic mass is 9.98. The number of sulfonamides is 1. The molecule has 2 aliphatic heterocycles. The van der Waals surface area contributed by atoms with E-state index < -0.39 is 10.0 Å². The van der Waals surface area contributed by atoms with Crippen LogP contribution in [0.3, 0.4) is 0 Å². The third-order valence-electron chi connectivity index (χ3n) is 6.19. The van der Waals surface area contributed by atoms with Crippen LogP contribution in [-0.4, -0.2) is 45.6 Å². The van der Waals surface area contributed by atoms with Gasteiger partial charge in [0.1, 0.15) is 16.2 Å². The van der Waals surface area contributed by atoms with E-state index in [4.69, 9.17) is 14.3 Å². The predicted molar refractivity (Wildman–Crippen MR) is 115 cm³/mol. The highest BCUT2D eigenvalue weighted by Crippen LogP contribution is 2.39. The van der Waals surface area contributed by atoms with Gasteiger partial charge in [-0.1, -0.05) is 0 Å². The second-order valence-electron chi connectivity index (χ2n) is 8.29. The molecule has 2 aliphatic rings. The van der Waals surface area contributed by atoms with Gasteiger partial charge in [-0.15, -0.1) is 0 Å². The first kappa shape index (κ1) is 19.6. The lowest BCUT2D eigenvalue weighted by Gasteiger charge is -2.27. The average Bonchev–Trinajstić information content (AvgIpc) is 3.43. The van der Waals surface area contributed by atoms with Gasteiger partial charge >= 0.3 is 0 Å². The highest BCUT2D eigenvalue weighted by atomic mass is 32.2. The summed E-state index contributed by atoms with van der Waals surface area (Å²) in [4.78, 5) is 2.49. The van der Waals surface area contributed by atoms with Gasteiger partial charge in [-0.05, 0) is 54.8 Å². The van der Waals surface area contributed by atoms with E-state index in [1.165, 1.54) is 13.5 Å². The van der Waals surface area contributed by atoms with Gasteiger partial charge in [0.2, 0.25) is 10.0 Å². The summed E-state index contributed by atoms with van der Waals surface area (Å²) >= 11 is 0. The maximum atomic E-state index is 12.2. The molecule has 0 unspecified atom stereocenters. The summed E-state index contributed by atoms with van der Waals surface area (Å²) in [6.45, 7) is 4.69. The number of primary sulfonamides is 1. The molecule has 2 aromatic carbocycles. The first-order valence-corrected chi connectivity index (χ1v) is 11.6. The molecule has 0 saturated carbocycles. The van der Waals surface area contributed by atoms with E-state index in [-0.39, 0.29) is 10.6 Å². The zero-order valence-electron chi connectivity index (χ0n) is 17.0. The Morgan fingerprint density at radius 2 is 2.13 bits per heavy atom. The van der Waals surface area contributed by atoms with Crippen LogP contribution in [0.4, 0.5) is 0 Å². The fourth-order valence-electron chi connectivity index (χ4n) is 4.87. The average molecular weight is 428 g/mol. The van der Waals surface area contributed by atoms with E-state index in [9.17, 15) is 8.42 Å². The zero-order valence-corrected chi connectivity index (χ0v) is 17.8. The maximum Gasteiger partial charge on any atom is 0.241 e. The van der Waals surface area contributed by atoms with Crippen molar-refractivity contribution in [3.63, 3.8) is 0 Å². The normalized spacial score (nSPS) is 21.6. The van der Waals surface area contributed by atoms with E-state index in [2.05, 4.69) is 16.3 Å². The summed E-state index contributed by atoms with van der Waals surface area (Å²) < 4.78 is 35.6. The number of furan rings is 1. The second kappa shape index (κ2) is 7.09. The summed E-state index contributed by atoms with van der Waals surface area (Å²) in [6, 6.07) is 10.6. The monoisotopic (exact) mass is 427 g/mol. The molecule has 0 aliphatic carbocycles. The number of likely N-dealkylation sites (tertiary alicyclic amines) is 1. The molecule has 2 fully saturated rings. The van der Waals surface area contributed by atoms with Crippen molar-refractivity contribution in [2.75, 3.05) is 20.2 Å². The Labute approximate surface area is 175 Å². The summed E-state index contributed by atoms with van der Waals surface area (Å²) in [6.07, 6.45) is 2.88. The van der Waals surface area contributed by atoms with Crippen LogP contribution in [0.2, 0.25) is 0 Å². The first-order chi connectivity index (χ1) is 14.3. The van der Waals surface area contributed by atoms with Gasteiger partial charge in [0, 0.05) is 48.2 Å². The fraction of sp³-hybridized carbons (Fsp3) is 0.364. The Balaban J connectivity index is 1.64. The van der Waals surface area contributed by atoms with Crippen molar-refractivity contribution in [3.05, 3.63) is 47.7 Å². The predicted octanol–water partition coefficient (Wildman–Crippen LogP) is 2.61. The van der Waals surface area contributed by atoms with Gasteiger partial charge in [-0.25, -0.2) is 13.6 Å². The second-order valence-corrected chi connectivity index (χ2v) is 9.82. The van der Waals surface area contributed by atoms with Crippen LogP contribution in [0.15, 0.2) is 45.9 Å². The van der Waals surface area contributed by atoms with Crippen molar-refractivity contribution in [1.82, 2.24) is 10.2 Å². The SMILES string of the molecule is COc1c(-c2cc(CN3C[C@@H]4C[C@H]3CN4)c3occc3c2)cc(C)cc1S(N)(=O)=O. The molecule has 3 N–H and O–H groups in total. The number of hydrogen-bond donors (Lipinski definition) is 2. The minimum atomic E-state index is -3.92. The van der Waals surface area contributed by atoms with E-state index in [0.29, 0.717) is 17.6 Å². The van der Waals surface area contributed by atoms with Crippen LogP contribution in [0.5, 0.6) is 5.75 Å². The van der Waals surface area contributed by atoms with Crippen LogP contribution >= 0.6 is 0 Å². The van der Waals surface area contributed by atoms with Crippen molar-refractivity contribution in [3.8, 4) is 16.9 Å². The molecule has 30 heavy (non-hydrogen) atoms. The lowest BCUT2D eigenvalue weighted by molar-refractivity contribution is 0.218. The van der Waals surface area contributed by atoms with Gasteiger partial charge in [-0.2, -0.15) is 0 Å². The molecule has 2 bridgehead atoms. The molecule has 0 radical (unpaired) electrons. The molecule has 1 aromatic heterocycles. The Hall–Kier alpha value is -2.39. The van der Waals surface area contributed by atoms with Crippen molar-refractivity contribution >= 4 is 21.0 Å². The Kier molecular flexibility index (Phi) is 4.62. The molecule has 0 amide bonds. The number of benzene rings is 2. The molecule has 8 heteroatoms. The van der Waals surface area contributed by atoms with Gasteiger partial charge < -0.3 is 14.5 Å². The lowest BCUT2D eigenvalue weighted by Crippen LogP contribution is -2.42. The number of nitrogens with one attached hydrogen (secondary N) is 1. The Bertz CT molecular complexity index is 1230. The molecule has 3 aromatic rings. The number of piperazine rings is 1. The van der Waals surface area contributed by atoms with Crippen LogP contribution in [0.1, 0.15) is 17.5 Å². The molecule has 2 atom stereocenters. The Morgan fingerprint density at radius 3 is 2.80 bits per heavy atom. The number of nitrogens with two attached hydrogens (primary N) is 1. The van der Waals surface area contributed by atoms with E-state index in [1.807, 2.05) is 25.1 Å². The number of methoxy groups -OCH3 is 1. The van der Waals surface area contributed by atoms with Crippen LogP contribution in [0.25, 0.3) is 22.1 Å². The van der Waals surface area contributed by atoms with Crippen molar-refractivity contribution < 1.29 is 17.6 Å². The maximum absolute atomic E-state index is 12.2. The smallest absolute Gasteiger partial charge is 0.241 e. The fourth-order valence-corrected chi connectivity index (χ4v) is 5.67.